The first-order chi connectivity index (χ1) is 18.0. The summed E-state index contributed by atoms with van der Waals surface area (Å²) in [4.78, 5) is 18.1. The van der Waals surface area contributed by atoms with Gasteiger partial charge in [-0.25, -0.2) is 0 Å². The number of benzene rings is 2. The summed E-state index contributed by atoms with van der Waals surface area (Å²) in [6.45, 7) is 5.52. The van der Waals surface area contributed by atoms with Crippen molar-refractivity contribution in [1.82, 2.24) is 15.1 Å². The molecule has 3 N–H and O–H groups in total. The van der Waals surface area contributed by atoms with E-state index in [2.05, 4.69) is 61.0 Å². The van der Waals surface area contributed by atoms with Gasteiger partial charge in [-0.1, -0.05) is 12.1 Å². The molecular formula is C29H33N5O2S. The first kappa shape index (κ1) is 24.2. The number of fused-ring (bicyclic) bond motifs is 1. The average Bonchev–Trinajstić information content (AvgIpc) is 3.67. The number of aliphatic hydroxyl groups is 1. The van der Waals surface area contributed by atoms with Crippen LogP contribution in [-0.2, 0) is 4.79 Å². The zero-order valence-electron chi connectivity index (χ0n) is 21.1. The summed E-state index contributed by atoms with van der Waals surface area (Å²) in [7, 11) is 0. The zero-order chi connectivity index (χ0) is 25.4. The SMILES string of the molecule is CC1(O)CCN(c2ccc(-c3n[nH]c4ccc(NC(=O)C(c5ccsc5)N5CCCC5)cc34)cc2)CC1. The number of likely N-dealkylation sites (tertiary alicyclic amines) is 1. The maximum atomic E-state index is 13.5. The number of thiophene rings is 1. The predicted molar refractivity (Wildman–Crippen MR) is 150 cm³/mol. The Morgan fingerprint density at radius 1 is 1.08 bits per heavy atom. The summed E-state index contributed by atoms with van der Waals surface area (Å²) in [6, 6.07) is 16.2. The van der Waals surface area contributed by atoms with Gasteiger partial charge in [0.05, 0.1) is 16.8 Å². The average molecular weight is 516 g/mol. The van der Waals surface area contributed by atoms with Crippen molar-refractivity contribution in [3.8, 4) is 11.3 Å². The smallest absolute Gasteiger partial charge is 0.246 e. The number of hydrogen-bond acceptors (Lipinski definition) is 6. The Morgan fingerprint density at radius 2 is 1.84 bits per heavy atom. The van der Waals surface area contributed by atoms with Crippen molar-refractivity contribution >= 4 is 39.5 Å². The lowest BCUT2D eigenvalue weighted by molar-refractivity contribution is -0.121. The topological polar surface area (TPSA) is 84.5 Å². The van der Waals surface area contributed by atoms with Crippen LogP contribution >= 0.6 is 11.3 Å². The quantitative estimate of drug-likeness (QED) is 0.319. The lowest BCUT2D eigenvalue weighted by Gasteiger charge is -2.37. The van der Waals surface area contributed by atoms with Gasteiger partial charge in [0, 0.05) is 35.4 Å². The second-order valence-corrected chi connectivity index (χ2v) is 11.3. The molecule has 1 amide bonds. The van der Waals surface area contributed by atoms with Crippen LogP contribution in [0, 0.1) is 0 Å². The van der Waals surface area contributed by atoms with E-state index in [0.29, 0.717) is 0 Å². The van der Waals surface area contributed by atoms with Crippen LogP contribution < -0.4 is 10.2 Å². The number of hydrogen-bond donors (Lipinski definition) is 3. The van der Waals surface area contributed by atoms with Crippen LogP contribution in [-0.4, -0.2) is 57.9 Å². The van der Waals surface area contributed by atoms with Gasteiger partial charge in [0.15, 0.2) is 0 Å². The van der Waals surface area contributed by atoms with Gasteiger partial charge in [-0.05, 0) is 98.4 Å². The van der Waals surface area contributed by atoms with E-state index < -0.39 is 5.60 Å². The Balaban J connectivity index is 1.22. The molecule has 0 spiro atoms. The number of piperidine rings is 1. The number of nitrogens with zero attached hydrogens (tertiary/aromatic N) is 3. The van der Waals surface area contributed by atoms with E-state index in [0.717, 1.165) is 91.0 Å². The van der Waals surface area contributed by atoms with Crippen LogP contribution in [0.5, 0.6) is 0 Å². The van der Waals surface area contributed by atoms with Crippen LogP contribution in [0.3, 0.4) is 0 Å². The van der Waals surface area contributed by atoms with Crippen LogP contribution in [0.1, 0.15) is 44.2 Å². The fourth-order valence-electron chi connectivity index (χ4n) is 5.56. The standard InChI is InChI=1S/C29H33N5O2S/c1-29(36)11-15-33(16-12-29)23-7-4-20(5-8-23)26-24-18-22(6-9-25(24)31-32-26)30-28(35)27(21-10-17-37-19-21)34-13-2-3-14-34/h4-10,17-19,27,36H,2-3,11-16H2,1H3,(H,30,35)(H,31,32). The maximum Gasteiger partial charge on any atom is 0.246 e. The number of anilines is 2. The highest BCUT2D eigenvalue weighted by molar-refractivity contribution is 7.08. The summed E-state index contributed by atoms with van der Waals surface area (Å²) < 4.78 is 0. The van der Waals surface area contributed by atoms with E-state index in [1.807, 2.05) is 30.5 Å². The third-order valence-electron chi connectivity index (χ3n) is 7.79. The van der Waals surface area contributed by atoms with Crippen molar-refractivity contribution < 1.29 is 9.90 Å². The number of rotatable bonds is 6. The molecule has 4 heterocycles. The molecule has 2 aliphatic rings. The van der Waals surface area contributed by atoms with Gasteiger partial charge in [-0.2, -0.15) is 16.4 Å². The van der Waals surface area contributed by atoms with Gasteiger partial charge < -0.3 is 15.3 Å². The largest absolute Gasteiger partial charge is 0.390 e. The number of aromatic amines is 1. The monoisotopic (exact) mass is 515 g/mol. The molecule has 2 aliphatic heterocycles. The minimum Gasteiger partial charge on any atom is -0.390 e. The lowest BCUT2D eigenvalue weighted by Crippen LogP contribution is -2.42. The molecule has 0 saturated carbocycles. The van der Waals surface area contributed by atoms with Crippen molar-refractivity contribution in [3.63, 3.8) is 0 Å². The van der Waals surface area contributed by atoms with E-state index in [9.17, 15) is 9.90 Å². The number of nitrogens with one attached hydrogen (secondary N) is 2. The Hall–Kier alpha value is -3.20. The zero-order valence-corrected chi connectivity index (χ0v) is 21.9. The number of aromatic nitrogens is 2. The van der Waals surface area contributed by atoms with E-state index in [-0.39, 0.29) is 11.9 Å². The van der Waals surface area contributed by atoms with Crippen molar-refractivity contribution in [2.24, 2.45) is 0 Å². The number of amides is 1. The maximum absolute atomic E-state index is 13.5. The van der Waals surface area contributed by atoms with Gasteiger partial charge in [0.1, 0.15) is 6.04 Å². The predicted octanol–water partition coefficient (Wildman–Crippen LogP) is 5.42. The van der Waals surface area contributed by atoms with Crippen LogP contribution in [0.15, 0.2) is 59.3 Å². The molecule has 1 unspecified atom stereocenters. The first-order valence-electron chi connectivity index (χ1n) is 13.1. The third kappa shape index (κ3) is 5.01. The summed E-state index contributed by atoms with van der Waals surface area (Å²) in [5.74, 6) is 0.00885. The number of carbonyl (C=O) groups excluding carboxylic acids is 1. The Kier molecular flexibility index (Phi) is 6.48. The van der Waals surface area contributed by atoms with E-state index >= 15 is 0 Å². The number of carbonyl (C=O) groups is 1. The Morgan fingerprint density at radius 3 is 2.54 bits per heavy atom. The summed E-state index contributed by atoms with van der Waals surface area (Å²) in [5.41, 5.74) is 5.26. The Bertz CT molecular complexity index is 1360. The fraction of sp³-hybridized carbons (Fsp3) is 0.379. The van der Waals surface area contributed by atoms with Crippen LogP contribution in [0.25, 0.3) is 22.2 Å². The molecule has 2 fully saturated rings. The minimum atomic E-state index is -0.560. The van der Waals surface area contributed by atoms with Gasteiger partial charge in [0.25, 0.3) is 0 Å². The molecule has 4 aromatic rings. The molecule has 6 rings (SSSR count). The highest BCUT2D eigenvalue weighted by Gasteiger charge is 2.30. The molecule has 8 heteroatoms. The van der Waals surface area contributed by atoms with Gasteiger partial charge in [-0.3, -0.25) is 14.8 Å². The minimum absolute atomic E-state index is 0.00885. The van der Waals surface area contributed by atoms with Crippen molar-refractivity contribution in [1.29, 1.82) is 0 Å². The lowest BCUT2D eigenvalue weighted by atomic mass is 9.93. The molecule has 37 heavy (non-hydrogen) atoms. The van der Waals surface area contributed by atoms with E-state index in [1.165, 1.54) is 0 Å². The van der Waals surface area contributed by atoms with Crippen molar-refractivity contribution in [2.45, 2.75) is 44.2 Å². The molecule has 0 radical (unpaired) electrons. The molecule has 2 aromatic heterocycles. The summed E-state index contributed by atoms with van der Waals surface area (Å²) in [5, 5.41) is 26.3. The first-order valence-corrected chi connectivity index (χ1v) is 14.0. The van der Waals surface area contributed by atoms with Crippen LogP contribution in [0.4, 0.5) is 11.4 Å². The fourth-order valence-corrected chi connectivity index (χ4v) is 6.24. The third-order valence-corrected chi connectivity index (χ3v) is 8.49. The Labute approximate surface area is 221 Å². The molecule has 0 bridgehead atoms. The molecule has 192 valence electrons. The molecule has 2 saturated heterocycles. The summed E-state index contributed by atoms with van der Waals surface area (Å²) in [6.07, 6.45) is 3.82. The van der Waals surface area contributed by atoms with Crippen LogP contribution in [0.2, 0.25) is 0 Å². The second-order valence-electron chi connectivity index (χ2n) is 10.6. The van der Waals surface area contributed by atoms with Gasteiger partial charge in [-0.15, -0.1) is 0 Å². The van der Waals surface area contributed by atoms with Gasteiger partial charge in [0.2, 0.25) is 5.91 Å². The highest BCUT2D eigenvalue weighted by Crippen LogP contribution is 2.33. The molecule has 2 aromatic carbocycles. The van der Waals surface area contributed by atoms with Crippen molar-refractivity contribution in [3.05, 3.63) is 64.9 Å². The van der Waals surface area contributed by atoms with E-state index in [1.54, 1.807) is 11.3 Å². The molecule has 0 aliphatic carbocycles. The van der Waals surface area contributed by atoms with Gasteiger partial charge >= 0.3 is 0 Å². The number of H-pyrrole nitrogens is 1. The molecule has 1 atom stereocenters. The molecule has 7 nitrogen and oxygen atoms in total. The van der Waals surface area contributed by atoms with E-state index in [4.69, 9.17) is 0 Å². The highest BCUT2D eigenvalue weighted by atomic mass is 32.1. The summed E-state index contributed by atoms with van der Waals surface area (Å²) >= 11 is 1.63. The van der Waals surface area contributed by atoms with Crippen molar-refractivity contribution in [2.75, 3.05) is 36.4 Å². The normalized spacial score (nSPS) is 18.8. The second kappa shape index (κ2) is 9.93. The molecular weight excluding hydrogens is 482 g/mol.